The van der Waals surface area contributed by atoms with Crippen molar-refractivity contribution in [1.29, 1.82) is 0 Å². The first-order valence-electron chi connectivity index (χ1n) is 8.67. The van der Waals surface area contributed by atoms with Crippen molar-refractivity contribution < 1.29 is 4.92 Å². The fourth-order valence-corrected chi connectivity index (χ4v) is 2.85. The fourth-order valence-electron chi connectivity index (χ4n) is 2.85. The molecule has 0 spiro atoms. The van der Waals surface area contributed by atoms with E-state index in [9.17, 15) is 10.1 Å². The first kappa shape index (κ1) is 18.0. The molecule has 0 heterocycles. The Hall–Kier alpha value is -2.36. The van der Waals surface area contributed by atoms with Gasteiger partial charge in [0.25, 0.3) is 5.69 Å². The summed E-state index contributed by atoms with van der Waals surface area (Å²) in [6.07, 6.45) is 5.34. The zero-order chi connectivity index (χ0) is 17.4. The van der Waals surface area contributed by atoms with Crippen LogP contribution < -0.4 is 5.32 Å². The van der Waals surface area contributed by atoms with Gasteiger partial charge in [-0.2, -0.15) is 0 Å². The van der Waals surface area contributed by atoms with Crippen molar-refractivity contribution in [3.8, 4) is 0 Å². The SMILES string of the molecule is CCCCNc1cccc(C)c1CCCc1ccc([N+](=O)[O-])cc1. The number of nitro groups is 1. The van der Waals surface area contributed by atoms with E-state index in [1.165, 1.54) is 29.7 Å². The molecule has 0 bridgehead atoms. The second kappa shape index (κ2) is 9.06. The number of nitro benzene ring substituents is 1. The molecule has 0 aromatic heterocycles. The molecule has 128 valence electrons. The average Bonchev–Trinajstić information content (AvgIpc) is 2.58. The van der Waals surface area contributed by atoms with Crippen LogP contribution in [-0.2, 0) is 12.8 Å². The lowest BCUT2D eigenvalue weighted by Crippen LogP contribution is -2.05. The van der Waals surface area contributed by atoms with Crippen LogP contribution in [0.2, 0.25) is 0 Å². The van der Waals surface area contributed by atoms with Gasteiger partial charge in [0.1, 0.15) is 0 Å². The molecule has 0 aliphatic heterocycles. The lowest BCUT2D eigenvalue weighted by molar-refractivity contribution is -0.384. The van der Waals surface area contributed by atoms with E-state index in [4.69, 9.17) is 0 Å². The van der Waals surface area contributed by atoms with E-state index >= 15 is 0 Å². The molecular formula is C20H26N2O2. The minimum atomic E-state index is -0.356. The molecule has 1 N–H and O–H groups in total. The first-order valence-corrected chi connectivity index (χ1v) is 8.67. The number of nitrogens with zero attached hydrogens (tertiary/aromatic N) is 1. The van der Waals surface area contributed by atoms with Crippen LogP contribution in [-0.4, -0.2) is 11.5 Å². The highest BCUT2D eigenvalue weighted by Crippen LogP contribution is 2.22. The van der Waals surface area contributed by atoms with Gasteiger partial charge >= 0.3 is 0 Å². The summed E-state index contributed by atoms with van der Waals surface area (Å²) in [5, 5.41) is 14.2. The van der Waals surface area contributed by atoms with E-state index in [1.54, 1.807) is 12.1 Å². The molecule has 0 atom stereocenters. The third-order valence-corrected chi connectivity index (χ3v) is 4.30. The lowest BCUT2D eigenvalue weighted by atomic mass is 9.98. The summed E-state index contributed by atoms with van der Waals surface area (Å²) in [4.78, 5) is 10.3. The molecule has 24 heavy (non-hydrogen) atoms. The second-order valence-electron chi connectivity index (χ2n) is 6.16. The second-order valence-corrected chi connectivity index (χ2v) is 6.16. The molecule has 0 saturated carbocycles. The summed E-state index contributed by atoms with van der Waals surface area (Å²) in [5.41, 5.74) is 5.25. The molecule has 4 nitrogen and oxygen atoms in total. The number of hydrogen-bond acceptors (Lipinski definition) is 3. The molecule has 0 fully saturated rings. The van der Waals surface area contributed by atoms with Crippen LogP contribution in [0.3, 0.4) is 0 Å². The van der Waals surface area contributed by atoms with Gasteiger partial charge in [-0.15, -0.1) is 0 Å². The molecule has 0 amide bonds. The van der Waals surface area contributed by atoms with Crippen LogP contribution in [0.15, 0.2) is 42.5 Å². The maximum Gasteiger partial charge on any atom is 0.269 e. The highest BCUT2D eigenvalue weighted by Gasteiger charge is 2.07. The van der Waals surface area contributed by atoms with Crippen LogP contribution >= 0.6 is 0 Å². The molecular weight excluding hydrogens is 300 g/mol. The van der Waals surface area contributed by atoms with Gasteiger partial charge in [-0.3, -0.25) is 10.1 Å². The number of anilines is 1. The van der Waals surface area contributed by atoms with Crippen LogP contribution in [0.5, 0.6) is 0 Å². The van der Waals surface area contributed by atoms with Gasteiger partial charge in [0.2, 0.25) is 0 Å². The first-order chi connectivity index (χ1) is 11.6. The standard InChI is InChI=1S/C20H26N2O2/c1-3-4-15-21-20-10-5-7-16(2)19(20)9-6-8-17-11-13-18(14-12-17)22(23)24/h5,7,10-14,21H,3-4,6,8-9,15H2,1-2H3. The van der Waals surface area contributed by atoms with Gasteiger partial charge in [-0.25, -0.2) is 0 Å². The number of non-ortho nitro benzene ring substituents is 1. The highest BCUT2D eigenvalue weighted by atomic mass is 16.6. The highest BCUT2D eigenvalue weighted by molar-refractivity contribution is 5.54. The third-order valence-electron chi connectivity index (χ3n) is 4.30. The topological polar surface area (TPSA) is 55.2 Å². The number of benzene rings is 2. The van der Waals surface area contributed by atoms with Crippen molar-refractivity contribution in [2.45, 2.75) is 46.0 Å². The largest absolute Gasteiger partial charge is 0.385 e. The molecule has 0 aliphatic carbocycles. The Morgan fingerprint density at radius 3 is 2.46 bits per heavy atom. The Balaban J connectivity index is 1.94. The molecule has 4 heteroatoms. The minimum absolute atomic E-state index is 0.153. The van der Waals surface area contributed by atoms with E-state index in [2.05, 4.69) is 37.4 Å². The molecule has 0 aliphatic rings. The summed E-state index contributed by atoms with van der Waals surface area (Å²) in [5.74, 6) is 0. The predicted molar refractivity (Wildman–Crippen MR) is 99.7 cm³/mol. The zero-order valence-electron chi connectivity index (χ0n) is 14.5. The summed E-state index contributed by atoms with van der Waals surface area (Å²) in [6, 6.07) is 13.3. The van der Waals surface area contributed by atoms with E-state index in [-0.39, 0.29) is 10.6 Å². The van der Waals surface area contributed by atoms with E-state index in [0.717, 1.165) is 31.4 Å². The fraction of sp³-hybridized carbons (Fsp3) is 0.400. The molecule has 2 aromatic carbocycles. The van der Waals surface area contributed by atoms with Crippen molar-refractivity contribution in [3.63, 3.8) is 0 Å². The number of rotatable bonds is 9. The quantitative estimate of drug-likeness (QED) is 0.387. The Kier molecular flexibility index (Phi) is 6.79. The van der Waals surface area contributed by atoms with E-state index in [0.29, 0.717) is 0 Å². The maximum absolute atomic E-state index is 10.7. The number of hydrogen-bond donors (Lipinski definition) is 1. The monoisotopic (exact) mass is 326 g/mol. The Labute approximate surface area is 144 Å². The van der Waals surface area contributed by atoms with E-state index < -0.39 is 0 Å². The summed E-state index contributed by atoms with van der Waals surface area (Å²) in [7, 11) is 0. The van der Waals surface area contributed by atoms with Crippen LogP contribution in [0.25, 0.3) is 0 Å². The average molecular weight is 326 g/mol. The van der Waals surface area contributed by atoms with Gasteiger partial charge in [0.15, 0.2) is 0 Å². The molecule has 2 aromatic rings. The maximum atomic E-state index is 10.7. The summed E-state index contributed by atoms with van der Waals surface area (Å²) >= 11 is 0. The van der Waals surface area contributed by atoms with Crippen molar-refractivity contribution in [2.75, 3.05) is 11.9 Å². The van der Waals surface area contributed by atoms with Crippen molar-refractivity contribution in [1.82, 2.24) is 0 Å². The van der Waals surface area contributed by atoms with Gasteiger partial charge in [0, 0.05) is 24.4 Å². The van der Waals surface area contributed by atoms with E-state index in [1.807, 2.05) is 12.1 Å². The molecule has 0 saturated heterocycles. The Bertz CT molecular complexity index is 666. The normalized spacial score (nSPS) is 10.6. The van der Waals surface area contributed by atoms with Gasteiger partial charge < -0.3 is 5.32 Å². The molecule has 0 unspecified atom stereocenters. The lowest BCUT2D eigenvalue weighted by Gasteiger charge is -2.14. The summed E-state index contributed by atoms with van der Waals surface area (Å²) in [6.45, 7) is 5.37. The van der Waals surface area contributed by atoms with Gasteiger partial charge in [0.05, 0.1) is 4.92 Å². The van der Waals surface area contributed by atoms with Crippen molar-refractivity contribution in [3.05, 3.63) is 69.3 Å². The minimum Gasteiger partial charge on any atom is -0.385 e. The number of aryl methyl sites for hydroxylation is 2. The Morgan fingerprint density at radius 1 is 1.04 bits per heavy atom. The van der Waals surface area contributed by atoms with Gasteiger partial charge in [-0.1, -0.05) is 37.6 Å². The smallest absolute Gasteiger partial charge is 0.269 e. The zero-order valence-corrected chi connectivity index (χ0v) is 14.5. The van der Waals surface area contributed by atoms with Crippen LogP contribution in [0, 0.1) is 17.0 Å². The van der Waals surface area contributed by atoms with Crippen molar-refractivity contribution in [2.24, 2.45) is 0 Å². The number of nitrogens with one attached hydrogen (secondary N) is 1. The number of unbranched alkanes of at least 4 members (excludes halogenated alkanes) is 1. The van der Waals surface area contributed by atoms with Crippen LogP contribution in [0.4, 0.5) is 11.4 Å². The predicted octanol–water partition coefficient (Wildman–Crippen LogP) is 5.29. The Morgan fingerprint density at radius 2 is 1.79 bits per heavy atom. The molecule has 2 rings (SSSR count). The third kappa shape index (κ3) is 5.08. The summed E-state index contributed by atoms with van der Waals surface area (Å²) < 4.78 is 0. The van der Waals surface area contributed by atoms with Crippen LogP contribution in [0.1, 0.15) is 42.9 Å². The van der Waals surface area contributed by atoms with Crippen molar-refractivity contribution >= 4 is 11.4 Å². The van der Waals surface area contributed by atoms with Gasteiger partial charge in [-0.05, 0) is 55.4 Å². The molecule has 0 radical (unpaired) electrons.